The highest BCUT2D eigenvalue weighted by atomic mass is 32.2. The summed E-state index contributed by atoms with van der Waals surface area (Å²) in [5.74, 6) is 0.603. The van der Waals surface area contributed by atoms with E-state index in [0.29, 0.717) is 22.5 Å². The van der Waals surface area contributed by atoms with Crippen molar-refractivity contribution in [3.8, 4) is 6.07 Å². The molecule has 1 fully saturated rings. The number of hydrogen-bond acceptors (Lipinski definition) is 7. The number of rotatable bonds is 4. The van der Waals surface area contributed by atoms with E-state index in [4.69, 9.17) is 6.57 Å². The summed E-state index contributed by atoms with van der Waals surface area (Å²) in [6.45, 7) is 9.21. The molecule has 4 amide bonds. The van der Waals surface area contributed by atoms with Gasteiger partial charge in [-0.25, -0.2) is 27.8 Å². The number of alkyl halides is 3. The van der Waals surface area contributed by atoms with E-state index >= 15 is 0 Å². The maximum Gasteiger partial charge on any atom is 0.416 e. The lowest BCUT2D eigenvalue weighted by Gasteiger charge is -2.41. The van der Waals surface area contributed by atoms with E-state index in [1.807, 2.05) is 6.07 Å². The molecule has 10 nitrogen and oxygen atoms in total. The van der Waals surface area contributed by atoms with Gasteiger partial charge in [-0.2, -0.15) is 30.2 Å². The Morgan fingerprint density at radius 1 is 1.24 bits per heavy atom. The number of aliphatic hydroxyl groups is 1. The van der Waals surface area contributed by atoms with E-state index < -0.39 is 56.7 Å². The molecule has 2 heterocycles. The van der Waals surface area contributed by atoms with E-state index in [1.165, 1.54) is 36.9 Å². The number of carbonyl (C=O) groups excluding carboxylic acids is 2. The van der Waals surface area contributed by atoms with Crippen molar-refractivity contribution in [2.75, 3.05) is 22.7 Å². The standard InChI is InChI=1S/C26H22F3N5O5S2.CH4/c1-14-22(31-2)23(18-8-7-15(11-30)9-21(18)41(3,38)39)34(24(36)32-19-12-40-13-20(19)35)25(37)33(14)17-6-4-5-16(10-17)26(27,28)29;/h4-10,19-20,23,35H,12-13H2,1,3H3,(H,32,36);1H4/t19?,20?,23-;/m1./s1. The molecule has 2 aliphatic rings. The lowest BCUT2D eigenvalue weighted by atomic mass is 9.97. The average Bonchev–Trinajstić information content (AvgIpc) is 3.31. The number of nitrogens with zero attached hydrogens (tertiary/aromatic N) is 4. The van der Waals surface area contributed by atoms with Crippen LogP contribution >= 0.6 is 11.8 Å². The molecule has 4 rings (SSSR count). The minimum absolute atomic E-state index is 0. The molecular weight excluding hydrogens is 595 g/mol. The number of halogens is 3. The van der Waals surface area contributed by atoms with Gasteiger partial charge in [0, 0.05) is 29.1 Å². The average molecular weight is 622 g/mol. The summed E-state index contributed by atoms with van der Waals surface area (Å²) in [7, 11) is -4.08. The van der Waals surface area contributed by atoms with E-state index in [9.17, 15) is 41.5 Å². The predicted octanol–water partition coefficient (Wildman–Crippen LogP) is 4.94. The van der Waals surface area contributed by atoms with Gasteiger partial charge in [-0.15, -0.1) is 0 Å². The Balaban J connectivity index is 0.00000484. The summed E-state index contributed by atoms with van der Waals surface area (Å²) in [5, 5.41) is 22.1. The first-order valence-electron chi connectivity index (χ1n) is 11.9. The number of nitrogens with one attached hydrogen (secondary N) is 1. The molecule has 1 saturated heterocycles. The van der Waals surface area contributed by atoms with Gasteiger partial charge >= 0.3 is 18.2 Å². The third-order valence-electron chi connectivity index (χ3n) is 6.59. The predicted molar refractivity (Wildman–Crippen MR) is 150 cm³/mol. The number of hydrogen-bond donors (Lipinski definition) is 2. The fraction of sp³-hybridized carbons (Fsp3) is 0.333. The van der Waals surface area contributed by atoms with Crippen LogP contribution in [-0.4, -0.2) is 60.4 Å². The summed E-state index contributed by atoms with van der Waals surface area (Å²) in [5.41, 5.74) is -1.98. The second-order valence-corrected chi connectivity index (χ2v) is 12.4. The normalized spacial score (nSPS) is 21.0. The Labute approximate surface area is 245 Å². The van der Waals surface area contributed by atoms with Gasteiger partial charge in [0.2, 0.25) is 5.70 Å². The molecule has 3 atom stereocenters. The molecule has 2 unspecified atom stereocenters. The SMILES string of the molecule is C.[C-]#[N+]C1=C(C)N(c2cccc(C(F)(F)F)c2)C(=O)N(C(=O)NC2CSCC2O)[C@@H]1c1ccc(C#N)cc1S(C)(=O)=O. The van der Waals surface area contributed by atoms with E-state index in [2.05, 4.69) is 10.2 Å². The number of thioether (sulfide) groups is 1. The molecule has 0 aliphatic carbocycles. The molecule has 2 aliphatic heterocycles. The van der Waals surface area contributed by atoms with Crippen LogP contribution in [0.15, 0.2) is 58.8 Å². The Morgan fingerprint density at radius 3 is 2.48 bits per heavy atom. The molecule has 15 heteroatoms. The molecule has 222 valence electrons. The molecule has 0 spiro atoms. The summed E-state index contributed by atoms with van der Waals surface area (Å²) in [6.07, 6.45) is -4.85. The number of allylic oxidation sites excluding steroid dienone is 1. The molecule has 2 N–H and O–H groups in total. The first-order valence-corrected chi connectivity index (χ1v) is 14.9. The molecule has 0 bridgehead atoms. The summed E-state index contributed by atoms with van der Waals surface area (Å²) in [4.78, 5) is 32.1. The van der Waals surface area contributed by atoms with Gasteiger partial charge in [-0.05, 0) is 42.8 Å². The van der Waals surface area contributed by atoms with Crippen molar-refractivity contribution in [1.29, 1.82) is 5.26 Å². The number of anilines is 1. The van der Waals surface area contributed by atoms with E-state index in [0.717, 1.165) is 29.4 Å². The van der Waals surface area contributed by atoms with Gasteiger partial charge in [0.1, 0.15) is 6.04 Å². The Kier molecular flexibility index (Phi) is 9.31. The smallest absolute Gasteiger partial charge is 0.390 e. The van der Waals surface area contributed by atoms with E-state index in [-0.39, 0.29) is 35.6 Å². The van der Waals surface area contributed by atoms with Gasteiger partial charge in [0.05, 0.1) is 40.8 Å². The second kappa shape index (κ2) is 12.1. The molecule has 2 aromatic rings. The van der Waals surface area contributed by atoms with Crippen molar-refractivity contribution >= 4 is 39.3 Å². The number of carbonyl (C=O) groups is 2. The van der Waals surface area contributed by atoms with Gasteiger partial charge in [-0.3, -0.25) is 4.90 Å². The Hall–Kier alpha value is -4.05. The van der Waals surface area contributed by atoms with Crippen molar-refractivity contribution < 1.29 is 36.3 Å². The minimum atomic E-state index is -4.75. The zero-order chi connectivity index (χ0) is 30.3. The van der Waals surface area contributed by atoms with Crippen LogP contribution in [0.5, 0.6) is 0 Å². The van der Waals surface area contributed by atoms with Crippen molar-refractivity contribution in [3.63, 3.8) is 0 Å². The molecule has 42 heavy (non-hydrogen) atoms. The molecule has 0 saturated carbocycles. The Morgan fingerprint density at radius 2 is 1.93 bits per heavy atom. The van der Waals surface area contributed by atoms with Crippen LogP contribution < -0.4 is 10.2 Å². The van der Waals surface area contributed by atoms with E-state index in [1.54, 1.807) is 0 Å². The lowest BCUT2D eigenvalue weighted by molar-refractivity contribution is -0.137. The Bertz CT molecular complexity index is 1650. The molecule has 2 aromatic carbocycles. The van der Waals surface area contributed by atoms with Crippen molar-refractivity contribution in [2.45, 2.75) is 43.6 Å². The number of amides is 4. The van der Waals surface area contributed by atoms with Crippen molar-refractivity contribution in [1.82, 2.24) is 10.2 Å². The van der Waals surface area contributed by atoms with Crippen LogP contribution in [0.4, 0.5) is 28.4 Å². The minimum Gasteiger partial charge on any atom is -0.390 e. The van der Waals surface area contributed by atoms with Gasteiger partial charge < -0.3 is 10.4 Å². The topological polar surface area (TPSA) is 135 Å². The number of urea groups is 2. The third-order valence-corrected chi connectivity index (χ3v) is 8.91. The number of aliphatic hydroxyl groups excluding tert-OH is 1. The zero-order valence-electron chi connectivity index (χ0n) is 21.5. The first-order chi connectivity index (χ1) is 19.2. The second-order valence-electron chi connectivity index (χ2n) is 9.32. The molecule has 0 aromatic heterocycles. The highest BCUT2D eigenvalue weighted by Gasteiger charge is 2.46. The zero-order valence-corrected chi connectivity index (χ0v) is 23.1. The van der Waals surface area contributed by atoms with Crippen molar-refractivity contribution in [2.24, 2.45) is 0 Å². The fourth-order valence-corrected chi connectivity index (χ4v) is 6.73. The summed E-state index contributed by atoms with van der Waals surface area (Å²) >= 11 is 1.34. The van der Waals surface area contributed by atoms with Gasteiger partial charge in [0.25, 0.3) is 0 Å². The summed E-state index contributed by atoms with van der Waals surface area (Å²) in [6, 6.07) is 4.46. The van der Waals surface area contributed by atoms with Crippen molar-refractivity contribution in [3.05, 3.63) is 82.0 Å². The maximum absolute atomic E-state index is 14.0. The molecule has 0 radical (unpaired) electrons. The van der Waals surface area contributed by atoms with Crippen LogP contribution in [0.3, 0.4) is 0 Å². The number of imide groups is 1. The highest BCUT2D eigenvalue weighted by molar-refractivity contribution is 7.99. The van der Waals surface area contributed by atoms with Crippen LogP contribution in [0, 0.1) is 17.9 Å². The monoisotopic (exact) mass is 621 g/mol. The number of nitriles is 1. The quantitative estimate of drug-likeness (QED) is 0.462. The van der Waals surface area contributed by atoms with Crippen LogP contribution in [-0.2, 0) is 16.0 Å². The lowest BCUT2D eigenvalue weighted by Crippen LogP contribution is -2.57. The first kappa shape index (κ1) is 32.5. The summed E-state index contributed by atoms with van der Waals surface area (Å²) < 4.78 is 66.1. The third kappa shape index (κ3) is 6.09. The number of sulfone groups is 1. The number of benzene rings is 2. The van der Waals surface area contributed by atoms with Gasteiger partial charge in [0.15, 0.2) is 9.84 Å². The molecular formula is C27H26F3N5O5S2. The van der Waals surface area contributed by atoms with Crippen LogP contribution in [0.1, 0.15) is 37.1 Å². The van der Waals surface area contributed by atoms with Crippen LogP contribution in [0.25, 0.3) is 4.85 Å². The highest BCUT2D eigenvalue weighted by Crippen LogP contribution is 2.43. The van der Waals surface area contributed by atoms with Gasteiger partial charge in [-0.1, -0.05) is 19.6 Å². The largest absolute Gasteiger partial charge is 0.416 e. The maximum atomic E-state index is 14.0. The van der Waals surface area contributed by atoms with Crippen LogP contribution in [0.2, 0.25) is 0 Å². The fourth-order valence-electron chi connectivity index (χ4n) is 4.61.